The minimum atomic E-state index is -0.318. The topological polar surface area (TPSA) is 38.8 Å². The van der Waals surface area contributed by atoms with Gasteiger partial charge >= 0.3 is 5.97 Å². The molecule has 1 fully saturated rings. The van der Waals surface area contributed by atoms with E-state index >= 15 is 0 Å². The van der Waals surface area contributed by atoms with E-state index in [1.807, 2.05) is 4.90 Å². The second-order valence-corrected chi connectivity index (χ2v) is 2.49. The van der Waals surface area contributed by atoms with Crippen LogP contribution in [0.3, 0.4) is 0 Å². The molecule has 0 aromatic rings. The first-order valence-electron chi connectivity index (χ1n) is 3.91. The van der Waals surface area contributed by atoms with Crippen LogP contribution in [0, 0.1) is 0 Å². The van der Waals surface area contributed by atoms with Crippen molar-refractivity contribution >= 4 is 5.97 Å². The van der Waals surface area contributed by atoms with Crippen LogP contribution in [-0.2, 0) is 14.3 Å². The molecule has 0 aromatic carbocycles. The van der Waals surface area contributed by atoms with Crippen LogP contribution in [0.1, 0.15) is 0 Å². The molecule has 0 amide bonds. The summed E-state index contributed by atoms with van der Waals surface area (Å²) in [4.78, 5) is 12.7. The van der Waals surface area contributed by atoms with E-state index in [0.29, 0.717) is 0 Å². The van der Waals surface area contributed by atoms with Gasteiger partial charge in [0.1, 0.15) is 0 Å². The maximum Gasteiger partial charge on any atom is 0.331 e. The molecule has 0 radical (unpaired) electrons. The Morgan fingerprint density at radius 2 is 2.17 bits per heavy atom. The van der Waals surface area contributed by atoms with Gasteiger partial charge in [0.2, 0.25) is 0 Å². The predicted octanol–water partition coefficient (Wildman–Crippen LogP) is 0.00530. The number of carbonyl (C=O) groups is 1. The van der Waals surface area contributed by atoms with E-state index in [0.717, 1.165) is 26.3 Å². The van der Waals surface area contributed by atoms with Gasteiger partial charge in [-0.15, -0.1) is 0 Å². The van der Waals surface area contributed by atoms with Crippen LogP contribution in [0.4, 0.5) is 0 Å². The van der Waals surface area contributed by atoms with E-state index in [1.165, 1.54) is 13.2 Å². The molecule has 0 unspecified atom stereocenters. The summed E-state index contributed by atoms with van der Waals surface area (Å²) >= 11 is 0. The highest BCUT2D eigenvalue weighted by Gasteiger charge is 2.05. The molecule has 0 spiro atoms. The second-order valence-electron chi connectivity index (χ2n) is 2.49. The van der Waals surface area contributed by atoms with Crippen LogP contribution >= 0.6 is 0 Å². The molecule has 1 heterocycles. The first-order chi connectivity index (χ1) is 5.83. The van der Waals surface area contributed by atoms with E-state index in [-0.39, 0.29) is 5.97 Å². The fourth-order valence-electron chi connectivity index (χ4n) is 0.961. The summed E-state index contributed by atoms with van der Waals surface area (Å²) in [6.45, 7) is 3.14. The molecule has 12 heavy (non-hydrogen) atoms. The number of ether oxygens (including phenoxy) is 2. The Hall–Kier alpha value is -1.03. The number of nitrogens with zero attached hydrogens (tertiary/aromatic N) is 1. The van der Waals surface area contributed by atoms with E-state index < -0.39 is 0 Å². The summed E-state index contributed by atoms with van der Waals surface area (Å²) < 4.78 is 9.60. The number of carbonyl (C=O) groups excluding carboxylic acids is 1. The standard InChI is InChI=1S/C8H13NO3/c1-11-8(10)2-3-9-4-6-12-7-5-9/h2-3H,4-7H2,1H3/b3-2-. The van der Waals surface area contributed by atoms with E-state index in [9.17, 15) is 4.79 Å². The van der Waals surface area contributed by atoms with E-state index in [1.54, 1.807) is 6.20 Å². The molecule has 68 valence electrons. The average Bonchev–Trinajstić information content (AvgIpc) is 2.16. The molecule has 0 N–H and O–H groups in total. The SMILES string of the molecule is COC(=O)/C=C\N1CCOCC1. The van der Waals surface area contributed by atoms with Gasteiger partial charge in [0.15, 0.2) is 0 Å². The summed E-state index contributed by atoms with van der Waals surface area (Å²) in [6, 6.07) is 0. The third kappa shape index (κ3) is 2.92. The van der Waals surface area contributed by atoms with Crippen LogP contribution in [0.15, 0.2) is 12.3 Å². The molecule has 1 rings (SSSR count). The minimum absolute atomic E-state index is 0.318. The quantitative estimate of drug-likeness (QED) is 0.433. The molecule has 4 nitrogen and oxygen atoms in total. The minimum Gasteiger partial charge on any atom is -0.466 e. The van der Waals surface area contributed by atoms with Crippen LogP contribution in [0.2, 0.25) is 0 Å². The molecular weight excluding hydrogens is 158 g/mol. The number of morpholine rings is 1. The van der Waals surface area contributed by atoms with Crippen molar-refractivity contribution in [2.24, 2.45) is 0 Å². The van der Waals surface area contributed by atoms with Crippen molar-refractivity contribution in [2.75, 3.05) is 33.4 Å². The summed E-state index contributed by atoms with van der Waals surface area (Å²) in [7, 11) is 1.37. The van der Waals surface area contributed by atoms with Crippen LogP contribution < -0.4 is 0 Å². The van der Waals surface area contributed by atoms with Gasteiger partial charge in [-0.25, -0.2) is 4.79 Å². The molecule has 0 saturated carbocycles. The molecule has 4 heteroatoms. The molecular formula is C8H13NO3. The molecule has 1 aliphatic rings. The zero-order valence-electron chi connectivity index (χ0n) is 7.16. The fraction of sp³-hybridized carbons (Fsp3) is 0.625. The average molecular weight is 171 g/mol. The van der Waals surface area contributed by atoms with Crippen molar-refractivity contribution < 1.29 is 14.3 Å². The lowest BCUT2D eigenvalue weighted by atomic mass is 10.4. The third-order valence-corrected chi connectivity index (χ3v) is 1.67. The maximum atomic E-state index is 10.7. The van der Waals surface area contributed by atoms with E-state index in [2.05, 4.69) is 4.74 Å². The van der Waals surface area contributed by atoms with Gasteiger partial charge in [0.05, 0.1) is 20.3 Å². The summed E-state index contributed by atoms with van der Waals surface area (Å²) in [6.07, 6.45) is 3.17. The molecule has 1 saturated heterocycles. The monoisotopic (exact) mass is 171 g/mol. The summed E-state index contributed by atoms with van der Waals surface area (Å²) in [5, 5.41) is 0. The highest BCUT2D eigenvalue weighted by Crippen LogP contribution is 1.96. The van der Waals surface area contributed by atoms with Crippen LogP contribution in [0.25, 0.3) is 0 Å². The third-order valence-electron chi connectivity index (χ3n) is 1.67. The maximum absolute atomic E-state index is 10.7. The summed E-state index contributed by atoms with van der Waals surface area (Å²) in [5.74, 6) is -0.318. The first-order valence-corrected chi connectivity index (χ1v) is 3.91. The zero-order chi connectivity index (χ0) is 8.81. The fourth-order valence-corrected chi connectivity index (χ4v) is 0.961. The molecule has 1 aliphatic heterocycles. The first kappa shape index (κ1) is 9.06. The number of esters is 1. The van der Waals surface area contributed by atoms with Crippen molar-refractivity contribution in [1.29, 1.82) is 0 Å². The van der Waals surface area contributed by atoms with Crippen molar-refractivity contribution in [2.45, 2.75) is 0 Å². The predicted molar refractivity (Wildman–Crippen MR) is 43.5 cm³/mol. The van der Waals surface area contributed by atoms with Crippen LogP contribution in [0.5, 0.6) is 0 Å². The molecule has 0 bridgehead atoms. The van der Waals surface area contributed by atoms with Crippen molar-refractivity contribution in [3.63, 3.8) is 0 Å². The molecule has 0 aromatic heterocycles. The van der Waals surface area contributed by atoms with Gasteiger partial charge in [0, 0.05) is 25.4 Å². The van der Waals surface area contributed by atoms with Gasteiger partial charge < -0.3 is 14.4 Å². The zero-order valence-corrected chi connectivity index (χ0v) is 7.16. The lowest BCUT2D eigenvalue weighted by molar-refractivity contribution is -0.134. The molecule has 0 atom stereocenters. The van der Waals surface area contributed by atoms with Crippen molar-refractivity contribution in [3.05, 3.63) is 12.3 Å². The Labute approximate surface area is 71.7 Å². The largest absolute Gasteiger partial charge is 0.466 e. The van der Waals surface area contributed by atoms with Gasteiger partial charge in [-0.2, -0.15) is 0 Å². The normalized spacial score (nSPS) is 18.2. The summed E-state index contributed by atoms with van der Waals surface area (Å²) in [5.41, 5.74) is 0. The van der Waals surface area contributed by atoms with Crippen molar-refractivity contribution in [3.8, 4) is 0 Å². The highest BCUT2D eigenvalue weighted by atomic mass is 16.5. The Bertz CT molecular complexity index is 173. The van der Waals surface area contributed by atoms with Gasteiger partial charge in [-0.05, 0) is 0 Å². The van der Waals surface area contributed by atoms with Crippen molar-refractivity contribution in [1.82, 2.24) is 4.90 Å². The number of hydrogen-bond acceptors (Lipinski definition) is 4. The number of rotatable bonds is 2. The van der Waals surface area contributed by atoms with Gasteiger partial charge in [0.25, 0.3) is 0 Å². The Balaban J connectivity index is 2.28. The lowest BCUT2D eigenvalue weighted by Gasteiger charge is -2.24. The van der Waals surface area contributed by atoms with Crippen LogP contribution in [-0.4, -0.2) is 44.3 Å². The lowest BCUT2D eigenvalue weighted by Crippen LogP contribution is -2.32. The van der Waals surface area contributed by atoms with Gasteiger partial charge in [-0.1, -0.05) is 0 Å². The molecule has 0 aliphatic carbocycles. The Morgan fingerprint density at radius 1 is 1.50 bits per heavy atom. The second kappa shape index (κ2) is 4.77. The highest BCUT2D eigenvalue weighted by molar-refractivity contribution is 5.81. The Kier molecular flexibility index (Phi) is 3.60. The Morgan fingerprint density at radius 3 is 2.75 bits per heavy atom. The van der Waals surface area contributed by atoms with E-state index in [4.69, 9.17) is 4.74 Å². The number of hydrogen-bond donors (Lipinski definition) is 0. The van der Waals surface area contributed by atoms with Gasteiger partial charge in [-0.3, -0.25) is 0 Å². The number of methoxy groups -OCH3 is 1. The smallest absolute Gasteiger partial charge is 0.331 e.